The molecule has 1 amide bonds. The number of halogens is 3. The summed E-state index contributed by atoms with van der Waals surface area (Å²) in [5.74, 6) is 0.679. The largest absolute Gasteiger partial charge is 0.573 e. The van der Waals surface area contributed by atoms with Gasteiger partial charge in [-0.3, -0.25) is 9.69 Å². The molecule has 0 bridgehead atoms. The monoisotopic (exact) mass is 466 g/mol. The first-order chi connectivity index (χ1) is 15.4. The van der Waals surface area contributed by atoms with Gasteiger partial charge in [-0.15, -0.1) is 24.5 Å². The fraction of sp³-hybridized carbons (Fsp3) is 0.381. The second-order valence-electron chi connectivity index (χ2n) is 7.30. The van der Waals surface area contributed by atoms with E-state index in [0.717, 1.165) is 43.1 Å². The Morgan fingerprint density at radius 1 is 1.12 bits per heavy atom. The van der Waals surface area contributed by atoms with E-state index in [1.165, 1.54) is 12.1 Å². The van der Waals surface area contributed by atoms with Crippen molar-refractivity contribution >= 4 is 17.2 Å². The molecule has 32 heavy (non-hydrogen) atoms. The number of carbonyl (C=O) groups is 1. The van der Waals surface area contributed by atoms with Crippen molar-refractivity contribution in [1.82, 2.24) is 19.9 Å². The van der Waals surface area contributed by atoms with Crippen LogP contribution in [0.4, 0.5) is 13.2 Å². The number of aryl methyl sites for hydroxylation is 1. The quantitative estimate of drug-likeness (QED) is 0.523. The predicted octanol–water partition coefficient (Wildman–Crippen LogP) is 4.09. The summed E-state index contributed by atoms with van der Waals surface area (Å²) in [5.41, 5.74) is 0.339. The lowest BCUT2D eigenvalue weighted by Crippen LogP contribution is -2.48. The molecule has 0 N–H and O–H groups in total. The van der Waals surface area contributed by atoms with Crippen molar-refractivity contribution in [3.8, 4) is 16.5 Å². The van der Waals surface area contributed by atoms with Crippen LogP contribution in [0.3, 0.4) is 0 Å². The van der Waals surface area contributed by atoms with Crippen molar-refractivity contribution in [2.75, 3.05) is 32.7 Å². The average molecular weight is 466 g/mol. The fourth-order valence-corrected chi connectivity index (χ4v) is 4.12. The van der Waals surface area contributed by atoms with Crippen molar-refractivity contribution in [3.05, 3.63) is 53.2 Å². The highest BCUT2D eigenvalue weighted by molar-refractivity contribution is 7.13. The maximum Gasteiger partial charge on any atom is 0.573 e. The van der Waals surface area contributed by atoms with Crippen LogP contribution in [0, 0.1) is 0 Å². The predicted molar refractivity (Wildman–Crippen MR) is 111 cm³/mol. The highest BCUT2D eigenvalue weighted by Crippen LogP contribution is 2.24. The number of nitrogens with zero attached hydrogens (tertiary/aromatic N) is 4. The van der Waals surface area contributed by atoms with Gasteiger partial charge < -0.3 is 14.2 Å². The molecule has 0 spiro atoms. The number of benzene rings is 1. The molecular formula is C21H21F3N4O3S. The second-order valence-corrected chi connectivity index (χ2v) is 8.25. The molecule has 0 aliphatic carbocycles. The zero-order chi connectivity index (χ0) is 22.6. The fourth-order valence-electron chi connectivity index (χ4n) is 3.47. The van der Waals surface area contributed by atoms with E-state index in [1.54, 1.807) is 16.2 Å². The third-order valence-corrected chi connectivity index (χ3v) is 5.93. The topological polar surface area (TPSA) is 71.7 Å². The Morgan fingerprint density at radius 2 is 1.88 bits per heavy atom. The number of alkyl halides is 3. The van der Waals surface area contributed by atoms with Crippen molar-refractivity contribution in [1.29, 1.82) is 0 Å². The molecule has 11 heteroatoms. The van der Waals surface area contributed by atoms with E-state index in [9.17, 15) is 18.0 Å². The summed E-state index contributed by atoms with van der Waals surface area (Å²) in [6, 6.07) is 8.90. The van der Waals surface area contributed by atoms with Crippen molar-refractivity contribution < 1.29 is 27.2 Å². The van der Waals surface area contributed by atoms with Gasteiger partial charge >= 0.3 is 6.36 Å². The van der Waals surface area contributed by atoms with Gasteiger partial charge in [-0.25, -0.2) is 0 Å². The van der Waals surface area contributed by atoms with Crippen LogP contribution in [0.25, 0.3) is 10.7 Å². The summed E-state index contributed by atoms with van der Waals surface area (Å²) in [6.45, 7) is 3.42. The summed E-state index contributed by atoms with van der Waals surface area (Å²) in [4.78, 5) is 22.0. The van der Waals surface area contributed by atoms with Crippen LogP contribution in [0.2, 0.25) is 0 Å². The molecular weight excluding hydrogens is 445 g/mol. The molecule has 1 aliphatic rings. The Labute approximate surface area is 186 Å². The number of ether oxygens (including phenoxy) is 1. The molecule has 1 aliphatic heterocycles. The number of thiophene rings is 1. The van der Waals surface area contributed by atoms with E-state index in [0.29, 0.717) is 36.8 Å². The van der Waals surface area contributed by atoms with Gasteiger partial charge in [-0.1, -0.05) is 11.2 Å². The van der Waals surface area contributed by atoms with E-state index >= 15 is 0 Å². The van der Waals surface area contributed by atoms with Crippen LogP contribution in [0.15, 0.2) is 46.3 Å². The third kappa shape index (κ3) is 5.86. The SMILES string of the molecule is O=C(c1ccc(OC(F)(F)F)cc1)N1CCN(CCCc2nc(-c3cccs3)no2)CC1. The number of aromatic nitrogens is 2. The van der Waals surface area contributed by atoms with Crippen LogP contribution in [-0.2, 0) is 6.42 Å². The standard InChI is InChI=1S/C21H21F3N4O3S/c22-21(23,24)30-16-7-5-15(6-8-16)20(29)28-12-10-27(11-13-28)9-1-4-18-25-19(26-31-18)17-3-2-14-32-17/h2-3,5-8,14H,1,4,9-13H2. The zero-order valence-corrected chi connectivity index (χ0v) is 17.9. The molecule has 7 nitrogen and oxygen atoms in total. The average Bonchev–Trinajstić information content (AvgIpc) is 3.45. The van der Waals surface area contributed by atoms with Crippen molar-refractivity contribution in [2.24, 2.45) is 0 Å². The maximum absolute atomic E-state index is 12.6. The van der Waals surface area contributed by atoms with Gasteiger partial charge in [0.1, 0.15) is 5.75 Å². The van der Waals surface area contributed by atoms with Gasteiger partial charge in [0.25, 0.3) is 5.91 Å². The van der Waals surface area contributed by atoms with Gasteiger partial charge in [-0.2, -0.15) is 4.98 Å². The third-order valence-electron chi connectivity index (χ3n) is 5.07. The normalized spacial score (nSPS) is 15.2. The summed E-state index contributed by atoms with van der Waals surface area (Å²) in [5, 5.41) is 5.97. The van der Waals surface area contributed by atoms with Gasteiger partial charge in [-0.05, 0) is 48.7 Å². The lowest BCUT2D eigenvalue weighted by atomic mass is 10.1. The number of rotatable bonds is 7. The molecule has 0 radical (unpaired) electrons. The van der Waals surface area contributed by atoms with Crippen LogP contribution < -0.4 is 4.74 Å². The molecule has 4 rings (SSSR count). The lowest BCUT2D eigenvalue weighted by Gasteiger charge is -2.34. The van der Waals surface area contributed by atoms with Crippen LogP contribution in [-0.4, -0.2) is 64.9 Å². The molecule has 0 saturated carbocycles. The lowest BCUT2D eigenvalue weighted by molar-refractivity contribution is -0.274. The first-order valence-corrected chi connectivity index (χ1v) is 11.0. The number of carbonyl (C=O) groups excluding carboxylic acids is 1. The molecule has 1 fully saturated rings. The Morgan fingerprint density at radius 3 is 2.53 bits per heavy atom. The van der Waals surface area contributed by atoms with Crippen molar-refractivity contribution in [2.45, 2.75) is 19.2 Å². The molecule has 0 unspecified atom stereocenters. The minimum Gasteiger partial charge on any atom is -0.406 e. The number of amides is 1. The van der Waals surface area contributed by atoms with Crippen LogP contribution in [0.1, 0.15) is 22.7 Å². The molecule has 1 aromatic carbocycles. The van der Waals surface area contributed by atoms with Crippen molar-refractivity contribution in [3.63, 3.8) is 0 Å². The summed E-state index contributed by atoms with van der Waals surface area (Å²) >= 11 is 1.56. The first-order valence-electron chi connectivity index (χ1n) is 10.1. The summed E-state index contributed by atoms with van der Waals surface area (Å²) in [6.07, 6.45) is -3.21. The second kappa shape index (κ2) is 9.70. The number of piperazine rings is 1. The summed E-state index contributed by atoms with van der Waals surface area (Å²) < 4.78 is 45.9. The van der Waals surface area contributed by atoms with Gasteiger partial charge in [0, 0.05) is 38.2 Å². The Balaban J connectivity index is 1.20. The van der Waals surface area contributed by atoms with E-state index in [-0.39, 0.29) is 11.7 Å². The summed E-state index contributed by atoms with van der Waals surface area (Å²) in [7, 11) is 0. The zero-order valence-electron chi connectivity index (χ0n) is 17.0. The maximum atomic E-state index is 12.6. The van der Waals surface area contributed by atoms with E-state index in [1.807, 2.05) is 17.5 Å². The Bertz CT molecular complexity index is 1010. The molecule has 1 saturated heterocycles. The number of hydrogen-bond acceptors (Lipinski definition) is 7. The number of hydrogen-bond donors (Lipinski definition) is 0. The van der Waals surface area contributed by atoms with Gasteiger partial charge in [0.15, 0.2) is 0 Å². The Kier molecular flexibility index (Phi) is 6.75. The Hall–Kier alpha value is -2.92. The van der Waals surface area contributed by atoms with Crippen LogP contribution in [0.5, 0.6) is 5.75 Å². The van der Waals surface area contributed by atoms with E-state index in [4.69, 9.17) is 4.52 Å². The molecule has 3 aromatic rings. The molecule has 170 valence electrons. The molecule has 2 aromatic heterocycles. The highest BCUT2D eigenvalue weighted by Gasteiger charge is 2.31. The minimum atomic E-state index is -4.75. The van der Waals surface area contributed by atoms with Gasteiger partial charge in [0.05, 0.1) is 4.88 Å². The van der Waals surface area contributed by atoms with E-state index in [2.05, 4.69) is 19.8 Å². The van der Waals surface area contributed by atoms with Gasteiger partial charge in [0.2, 0.25) is 11.7 Å². The van der Waals surface area contributed by atoms with Crippen LogP contribution >= 0.6 is 11.3 Å². The molecule has 0 atom stereocenters. The molecule has 3 heterocycles. The minimum absolute atomic E-state index is 0.199. The first kappa shape index (κ1) is 22.3. The van der Waals surface area contributed by atoms with E-state index < -0.39 is 6.36 Å². The smallest absolute Gasteiger partial charge is 0.406 e. The highest BCUT2D eigenvalue weighted by atomic mass is 32.1.